The molecule has 0 amide bonds. The zero-order valence-electron chi connectivity index (χ0n) is 12.9. The summed E-state index contributed by atoms with van der Waals surface area (Å²) in [5.41, 5.74) is 2.15. The lowest BCUT2D eigenvalue weighted by atomic mass is 9.95. The molecule has 1 atom stereocenters. The molecule has 1 aromatic carbocycles. The number of methoxy groups -OCH3 is 1. The van der Waals surface area contributed by atoms with E-state index in [2.05, 4.69) is 17.6 Å². The van der Waals surface area contributed by atoms with Crippen molar-refractivity contribution in [1.29, 1.82) is 0 Å². The molecule has 22 heavy (non-hydrogen) atoms. The van der Waals surface area contributed by atoms with Gasteiger partial charge in [-0.15, -0.1) is 0 Å². The smallest absolute Gasteiger partial charge is 0.337 e. The lowest BCUT2D eigenvalue weighted by Crippen LogP contribution is -2.45. The number of nitrogens with one attached hydrogen (secondary N) is 2. The van der Waals surface area contributed by atoms with Crippen molar-refractivity contribution in [1.82, 2.24) is 10.6 Å². The minimum absolute atomic E-state index is 0.332. The van der Waals surface area contributed by atoms with E-state index in [-0.39, 0.29) is 12.0 Å². The quantitative estimate of drug-likeness (QED) is 0.642. The number of ether oxygens (including phenoxy) is 2. The van der Waals surface area contributed by atoms with Gasteiger partial charge in [-0.3, -0.25) is 0 Å². The second-order valence-corrected chi connectivity index (χ2v) is 5.39. The summed E-state index contributed by atoms with van der Waals surface area (Å²) in [5.74, 6) is 0.429. The summed E-state index contributed by atoms with van der Waals surface area (Å²) in [5, 5.41) is 6.56. The van der Waals surface area contributed by atoms with E-state index in [0.29, 0.717) is 23.0 Å². The Bertz CT molecular complexity index is 596. The molecule has 5 nitrogen and oxygen atoms in total. The highest BCUT2D eigenvalue weighted by molar-refractivity contribution is 7.80. The summed E-state index contributed by atoms with van der Waals surface area (Å²) in [6.07, 6.45) is 0.959. The van der Waals surface area contributed by atoms with Gasteiger partial charge in [0, 0.05) is 5.70 Å². The monoisotopic (exact) mass is 320 g/mol. The molecule has 1 aliphatic rings. The summed E-state index contributed by atoms with van der Waals surface area (Å²) < 4.78 is 10.5. The van der Waals surface area contributed by atoms with E-state index in [9.17, 15) is 4.79 Å². The van der Waals surface area contributed by atoms with Crippen LogP contribution in [0.2, 0.25) is 0 Å². The van der Waals surface area contributed by atoms with Crippen LogP contribution in [0.25, 0.3) is 0 Å². The van der Waals surface area contributed by atoms with E-state index in [4.69, 9.17) is 21.7 Å². The normalized spacial score (nSPS) is 17.6. The first-order chi connectivity index (χ1) is 10.6. The molecule has 2 N–H and O–H groups in total. The van der Waals surface area contributed by atoms with Gasteiger partial charge in [-0.1, -0.05) is 19.1 Å². The highest BCUT2D eigenvalue weighted by Gasteiger charge is 2.30. The Labute approximate surface area is 135 Å². The number of allylic oxidation sites excluding steroid dienone is 1. The zero-order chi connectivity index (χ0) is 16.1. The van der Waals surface area contributed by atoms with Crippen LogP contribution in [0.15, 0.2) is 35.5 Å². The van der Waals surface area contributed by atoms with E-state index in [1.165, 1.54) is 7.11 Å². The van der Waals surface area contributed by atoms with Gasteiger partial charge in [0.1, 0.15) is 5.75 Å². The standard InChI is InChI=1S/C16H20N2O3S/c1-4-9-21-12-7-5-11(6-8-12)14-13(15(19)20-3)10(2)17-16(22)18-14/h5-8,14H,4,9H2,1-3H3,(H2,17,18,22)/t14-/m0/s1. The van der Waals surface area contributed by atoms with Crippen LogP contribution in [0.5, 0.6) is 5.75 Å². The summed E-state index contributed by atoms with van der Waals surface area (Å²) in [4.78, 5) is 12.0. The number of esters is 1. The Morgan fingerprint density at radius 3 is 2.59 bits per heavy atom. The lowest BCUT2D eigenvalue weighted by molar-refractivity contribution is -0.136. The van der Waals surface area contributed by atoms with Gasteiger partial charge in [0.05, 0.1) is 25.3 Å². The predicted molar refractivity (Wildman–Crippen MR) is 88.6 cm³/mol. The number of carbonyl (C=O) groups is 1. The molecule has 2 rings (SSSR count). The number of carbonyl (C=O) groups excluding carboxylic acids is 1. The fourth-order valence-electron chi connectivity index (χ4n) is 2.30. The largest absolute Gasteiger partial charge is 0.494 e. The van der Waals surface area contributed by atoms with Gasteiger partial charge in [0.25, 0.3) is 0 Å². The highest BCUT2D eigenvalue weighted by atomic mass is 32.1. The van der Waals surface area contributed by atoms with Gasteiger partial charge in [-0.05, 0) is 43.3 Å². The molecule has 0 aromatic heterocycles. The molecule has 1 heterocycles. The number of hydrogen-bond acceptors (Lipinski definition) is 4. The summed E-state index contributed by atoms with van der Waals surface area (Å²) in [7, 11) is 1.37. The maximum Gasteiger partial charge on any atom is 0.337 e. The van der Waals surface area contributed by atoms with Crippen molar-refractivity contribution in [3.63, 3.8) is 0 Å². The molecule has 0 bridgehead atoms. The van der Waals surface area contributed by atoms with E-state index >= 15 is 0 Å². The topological polar surface area (TPSA) is 59.6 Å². The molecular weight excluding hydrogens is 300 g/mol. The first-order valence-electron chi connectivity index (χ1n) is 7.16. The van der Waals surface area contributed by atoms with Crippen LogP contribution in [-0.4, -0.2) is 24.8 Å². The molecular formula is C16H20N2O3S. The van der Waals surface area contributed by atoms with Crippen LogP contribution < -0.4 is 15.4 Å². The molecule has 6 heteroatoms. The van der Waals surface area contributed by atoms with Crippen molar-refractivity contribution in [2.24, 2.45) is 0 Å². The molecule has 0 fully saturated rings. The molecule has 0 unspecified atom stereocenters. The van der Waals surface area contributed by atoms with Gasteiger partial charge in [0.15, 0.2) is 5.11 Å². The Balaban J connectivity index is 2.29. The molecule has 0 spiro atoms. The van der Waals surface area contributed by atoms with Crippen molar-refractivity contribution in [3.05, 3.63) is 41.1 Å². The van der Waals surface area contributed by atoms with Crippen molar-refractivity contribution >= 4 is 23.3 Å². The van der Waals surface area contributed by atoms with E-state index in [0.717, 1.165) is 17.7 Å². The fraction of sp³-hybridized carbons (Fsp3) is 0.375. The number of benzene rings is 1. The second kappa shape index (κ2) is 7.26. The average Bonchev–Trinajstić information content (AvgIpc) is 2.52. The summed E-state index contributed by atoms with van der Waals surface area (Å²) in [6.45, 7) is 4.55. The van der Waals surface area contributed by atoms with E-state index in [1.807, 2.05) is 31.2 Å². The fourth-order valence-corrected chi connectivity index (χ4v) is 2.57. The Hall–Kier alpha value is -2.08. The van der Waals surface area contributed by atoms with Crippen molar-refractivity contribution in [2.45, 2.75) is 26.3 Å². The number of thiocarbonyl (C=S) groups is 1. The van der Waals surface area contributed by atoms with Crippen molar-refractivity contribution in [3.8, 4) is 5.75 Å². The van der Waals surface area contributed by atoms with Crippen LogP contribution in [0.1, 0.15) is 31.9 Å². The van der Waals surface area contributed by atoms with Crippen molar-refractivity contribution < 1.29 is 14.3 Å². The lowest BCUT2D eigenvalue weighted by Gasteiger charge is -2.29. The molecule has 118 valence electrons. The SMILES string of the molecule is CCCOc1ccc([C@@H]2NC(=S)NC(C)=C2C(=O)OC)cc1. The van der Waals surface area contributed by atoms with Crippen LogP contribution in [0.4, 0.5) is 0 Å². The van der Waals surface area contributed by atoms with Gasteiger partial charge in [0.2, 0.25) is 0 Å². The first-order valence-corrected chi connectivity index (χ1v) is 7.57. The first kappa shape index (κ1) is 16.3. The maximum absolute atomic E-state index is 12.0. The predicted octanol–water partition coefficient (Wildman–Crippen LogP) is 2.44. The third-order valence-corrected chi connectivity index (χ3v) is 3.58. The van der Waals surface area contributed by atoms with E-state index in [1.54, 1.807) is 0 Å². The van der Waals surface area contributed by atoms with Gasteiger partial charge < -0.3 is 20.1 Å². The van der Waals surface area contributed by atoms with Crippen LogP contribution in [0, 0.1) is 0 Å². The minimum atomic E-state index is -0.378. The maximum atomic E-state index is 12.0. The van der Waals surface area contributed by atoms with E-state index < -0.39 is 0 Å². The molecule has 0 saturated heterocycles. The second-order valence-electron chi connectivity index (χ2n) is 4.98. The Morgan fingerprint density at radius 2 is 2.00 bits per heavy atom. The summed E-state index contributed by atoms with van der Waals surface area (Å²) >= 11 is 5.19. The molecule has 0 radical (unpaired) electrons. The number of rotatable bonds is 5. The molecule has 0 saturated carbocycles. The summed E-state index contributed by atoms with van der Waals surface area (Å²) in [6, 6.07) is 7.30. The highest BCUT2D eigenvalue weighted by Crippen LogP contribution is 2.28. The molecule has 1 aliphatic heterocycles. The third kappa shape index (κ3) is 3.57. The van der Waals surface area contributed by atoms with Crippen molar-refractivity contribution in [2.75, 3.05) is 13.7 Å². The van der Waals surface area contributed by atoms with Gasteiger partial charge >= 0.3 is 5.97 Å². The number of hydrogen-bond donors (Lipinski definition) is 2. The Kier molecular flexibility index (Phi) is 5.38. The molecule has 0 aliphatic carbocycles. The van der Waals surface area contributed by atoms with Crippen LogP contribution in [-0.2, 0) is 9.53 Å². The third-order valence-electron chi connectivity index (χ3n) is 3.36. The van der Waals surface area contributed by atoms with Gasteiger partial charge in [-0.2, -0.15) is 0 Å². The Morgan fingerprint density at radius 1 is 1.32 bits per heavy atom. The van der Waals surface area contributed by atoms with Crippen LogP contribution in [0.3, 0.4) is 0 Å². The minimum Gasteiger partial charge on any atom is -0.494 e. The van der Waals surface area contributed by atoms with Gasteiger partial charge in [-0.25, -0.2) is 4.79 Å². The van der Waals surface area contributed by atoms with Crippen LogP contribution >= 0.6 is 12.2 Å². The average molecular weight is 320 g/mol. The molecule has 1 aromatic rings. The zero-order valence-corrected chi connectivity index (χ0v) is 13.8.